The second kappa shape index (κ2) is 10.7. The summed E-state index contributed by atoms with van der Waals surface area (Å²) in [7, 11) is 0. The van der Waals surface area contributed by atoms with E-state index in [4.69, 9.17) is 14.6 Å². The number of amidine groups is 1. The molecule has 31 heavy (non-hydrogen) atoms. The lowest BCUT2D eigenvalue weighted by Crippen LogP contribution is -2.28. The smallest absolute Gasteiger partial charge is 0.341 e. The fourth-order valence-electron chi connectivity index (χ4n) is 2.84. The molecule has 1 amide bonds. The Labute approximate surface area is 198 Å². The highest BCUT2D eigenvalue weighted by atomic mass is 127. The fourth-order valence-corrected chi connectivity index (χ4v) is 4.69. The highest BCUT2D eigenvalue weighted by molar-refractivity contribution is 14.1. The average Bonchev–Trinajstić information content (AvgIpc) is 3.02. The third-order valence-corrected chi connectivity index (χ3v) is 5.96. The first-order valence-corrected chi connectivity index (χ1v) is 11.5. The Morgan fingerprint density at radius 2 is 1.97 bits per heavy atom. The van der Waals surface area contributed by atoms with Gasteiger partial charge in [0.2, 0.25) is 0 Å². The summed E-state index contributed by atoms with van der Waals surface area (Å²) in [6.07, 6.45) is 1.79. The van der Waals surface area contributed by atoms with Gasteiger partial charge in [-0.2, -0.15) is 0 Å². The molecule has 1 fully saturated rings. The summed E-state index contributed by atoms with van der Waals surface area (Å²) in [4.78, 5) is 30.6. The number of carbonyl (C=O) groups is 2. The number of carbonyl (C=O) groups excluding carboxylic acids is 1. The van der Waals surface area contributed by atoms with Crippen molar-refractivity contribution in [2.75, 3.05) is 19.8 Å². The normalized spacial score (nSPS) is 16.2. The van der Waals surface area contributed by atoms with E-state index < -0.39 is 12.6 Å². The van der Waals surface area contributed by atoms with Gasteiger partial charge in [0.15, 0.2) is 23.3 Å². The molecule has 1 N–H and O–H groups in total. The van der Waals surface area contributed by atoms with Crippen LogP contribution in [0.15, 0.2) is 52.4 Å². The number of ether oxygens (including phenoxy) is 2. The van der Waals surface area contributed by atoms with E-state index in [9.17, 15) is 9.59 Å². The van der Waals surface area contributed by atoms with Crippen molar-refractivity contribution in [3.05, 3.63) is 56.5 Å². The molecular formula is C22H21IN2O5S. The number of hydrogen-bond donors (Lipinski definition) is 1. The third-order valence-electron chi connectivity index (χ3n) is 4.15. The minimum Gasteiger partial charge on any atom is -0.490 e. The van der Waals surface area contributed by atoms with Crippen LogP contribution in [0.5, 0.6) is 11.5 Å². The van der Waals surface area contributed by atoms with Crippen molar-refractivity contribution < 1.29 is 24.2 Å². The largest absolute Gasteiger partial charge is 0.490 e. The van der Waals surface area contributed by atoms with E-state index in [1.807, 2.05) is 50.2 Å². The Morgan fingerprint density at radius 3 is 2.61 bits per heavy atom. The summed E-state index contributed by atoms with van der Waals surface area (Å²) in [6.45, 7) is 4.19. The predicted molar refractivity (Wildman–Crippen MR) is 130 cm³/mol. The Hall–Kier alpha value is -2.53. The number of amides is 1. The summed E-state index contributed by atoms with van der Waals surface area (Å²) < 4.78 is 11.7. The Bertz CT molecular complexity index is 1040. The van der Waals surface area contributed by atoms with Gasteiger partial charge < -0.3 is 14.6 Å². The number of aliphatic imine (C=N–C) groups is 1. The van der Waals surface area contributed by atoms with Crippen LogP contribution in [-0.4, -0.2) is 46.8 Å². The predicted octanol–water partition coefficient (Wildman–Crippen LogP) is 4.78. The number of halogens is 1. The van der Waals surface area contributed by atoms with Gasteiger partial charge in [0.05, 0.1) is 20.8 Å². The van der Waals surface area contributed by atoms with Gasteiger partial charge in [0, 0.05) is 6.54 Å². The molecule has 7 nitrogen and oxygen atoms in total. The standard InChI is InChI=1S/C22H21IN2O5S/c1-3-25-21(28)18(31-22(25)24-15-8-6-5-7-9-15)12-14-10-16(23)20(30-13-19(26)27)17(11-14)29-4-2/h5-12H,3-4,13H2,1-2H3,(H,26,27)/b18-12+,24-22?. The minimum absolute atomic E-state index is 0.110. The van der Waals surface area contributed by atoms with E-state index in [0.717, 1.165) is 11.3 Å². The molecule has 3 rings (SSSR count). The summed E-state index contributed by atoms with van der Waals surface area (Å²) in [5, 5.41) is 9.54. The fraction of sp³-hybridized carbons (Fsp3) is 0.227. The van der Waals surface area contributed by atoms with Crippen molar-refractivity contribution >= 4 is 63.2 Å². The third kappa shape index (κ3) is 5.79. The van der Waals surface area contributed by atoms with Crippen molar-refractivity contribution in [3.8, 4) is 11.5 Å². The molecule has 0 aliphatic carbocycles. The van der Waals surface area contributed by atoms with Crippen LogP contribution < -0.4 is 9.47 Å². The molecule has 1 saturated heterocycles. The second-order valence-corrected chi connectivity index (χ2v) is 8.51. The lowest BCUT2D eigenvalue weighted by Gasteiger charge is -2.14. The summed E-state index contributed by atoms with van der Waals surface area (Å²) in [5.74, 6) is -0.369. The lowest BCUT2D eigenvalue weighted by molar-refractivity contribution is -0.139. The minimum atomic E-state index is -1.07. The number of thioether (sulfide) groups is 1. The highest BCUT2D eigenvalue weighted by Crippen LogP contribution is 2.38. The van der Waals surface area contributed by atoms with Gasteiger partial charge in [-0.3, -0.25) is 9.69 Å². The topological polar surface area (TPSA) is 88.4 Å². The number of para-hydroxylation sites is 1. The monoisotopic (exact) mass is 552 g/mol. The van der Waals surface area contributed by atoms with Gasteiger partial charge in [-0.25, -0.2) is 9.79 Å². The molecule has 0 aromatic heterocycles. The van der Waals surface area contributed by atoms with Crippen LogP contribution in [0, 0.1) is 3.57 Å². The van der Waals surface area contributed by atoms with Crippen molar-refractivity contribution in [1.29, 1.82) is 0 Å². The maximum atomic E-state index is 12.9. The van der Waals surface area contributed by atoms with Gasteiger partial charge >= 0.3 is 5.97 Å². The van der Waals surface area contributed by atoms with E-state index in [-0.39, 0.29) is 5.91 Å². The molecule has 1 aliphatic rings. The van der Waals surface area contributed by atoms with Gasteiger partial charge in [-0.1, -0.05) is 18.2 Å². The average molecular weight is 552 g/mol. The molecular weight excluding hydrogens is 531 g/mol. The molecule has 2 aromatic carbocycles. The summed E-state index contributed by atoms with van der Waals surface area (Å²) in [6, 6.07) is 13.1. The lowest BCUT2D eigenvalue weighted by atomic mass is 10.2. The van der Waals surface area contributed by atoms with Gasteiger partial charge in [-0.05, 0) is 84.1 Å². The maximum absolute atomic E-state index is 12.9. The molecule has 0 bridgehead atoms. The van der Waals surface area contributed by atoms with E-state index >= 15 is 0 Å². The molecule has 162 valence electrons. The first kappa shape index (κ1) is 23.1. The number of aliphatic carboxylic acids is 1. The summed E-state index contributed by atoms with van der Waals surface area (Å²) >= 11 is 3.39. The number of carboxylic acid groups (broad SMARTS) is 1. The van der Waals surface area contributed by atoms with Crippen molar-refractivity contribution in [3.63, 3.8) is 0 Å². The van der Waals surface area contributed by atoms with Gasteiger partial charge in [0.1, 0.15) is 0 Å². The van der Waals surface area contributed by atoms with Gasteiger partial charge in [-0.15, -0.1) is 0 Å². The zero-order chi connectivity index (χ0) is 22.4. The van der Waals surface area contributed by atoms with Crippen LogP contribution in [0.3, 0.4) is 0 Å². The van der Waals surface area contributed by atoms with Crippen molar-refractivity contribution in [2.24, 2.45) is 4.99 Å². The number of likely N-dealkylation sites (N-methyl/N-ethyl adjacent to an activating group) is 1. The molecule has 0 unspecified atom stereocenters. The van der Waals surface area contributed by atoms with E-state index in [2.05, 4.69) is 27.6 Å². The Morgan fingerprint density at radius 1 is 1.23 bits per heavy atom. The number of benzene rings is 2. The van der Waals surface area contributed by atoms with E-state index in [1.165, 1.54) is 11.8 Å². The van der Waals surface area contributed by atoms with Crippen molar-refractivity contribution in [2.45, 2.75) is 13.8 Å². The molecule has 1 aliphatic heterocycles. The number of hydrogen-bond acceptors (Lipinski definition) is 6. The number of rotatable bonds is 8. The van der Waals surface area contributed by atoms with Crippen LogP contribution in [0.4, 0.5) is 5.69 Å². The van der Waals surface area contributed by atoms with E-state index in [0.29, 0.717) is 38.3 Å². The molecule has 0 saturated carbocycles. The van der Waals surface area contributed by atoms with Crippen LogP contribution in [0.1, 0.15) is 19.4 Å². The second-order valence-electron chi connectivity index (χ2n) is 6.34. The van der Waals surface area contributed by atoms with Crippen molar-refractivity contribution in [1.82, 2.24) is 4.90 Å². The molecule has 0 atom stereocenters. The molecule has 9 heteroatoms. The number of carboxylic acids is 1. The molecule has 2 aromatic rings. The maximum Gasteiger partial charge on any atom is 0.341 e. The first-order chi connectivity index (χ1) is 14.9. The van der Waals surface area contributed by atoms with Crippen LogP contribution in [0.2, 0.25) is 0 Å². The molecule has 0 spiro atoms. The van der Waals surface area contributed by atoms with Crippen LogP contribution in [0.25, 0.3) is 6.08 Å². The first-order valence-electron chi connectivity index (χ1n) is 9.59. The SMILES string of the molecule is CCOc1cc(/C=C2/SC(=Nc3ccccc3)N(CC)C2=O)cc(I)c1OCC(=O)O. The van der Waals surface area contributed by atoms with E-state index in [1.54, 1.807) is 17.0 Å². The highest BCUT2D eigenvalue weighted by Gasteiger charge is 2.32. The quantitative estimate of drug-likeness (QED) is 0.375. The van der Waals surface area contributed by atoms with Gasteiger partial charge in [0.25, 0.3) is 5.91 Å². The molecule has 1 heterocycles. The zero-order valence-electron chi connectivity index (χ0n) is 17.0. The zero-order valence-corrected chi connectivity index (χ0v) is 20.0. The summed E-state index contributed by atoms with van der Waals surface area (Å²) in [5.41, 5.74) is 1.54. The Kier molecular flexibility index (Phi) is 7.97. The van der Waals surface area contributed by atoms with Crippen LogP contribution in [-0.2, 0) is 9.59 Å². The van der Waals surface area contributed by atoms with Crippen LogP contribution >= 0.6 is 34.4 Å². The number of nitrogens with zero attached hydrogens (tertiary/aromatic N) is 2. The Balaban J connectivity index is 1.94. The molecule has 0 radical (unpaired) electrons.